The van der Waals surface area contributed by atoms with Crippen molar-refractivity contribution in [1.29, 1.82) is 0 Å². The fraction of sp³-hybridized carbons (Fsp3) is 0.333. The van der Waals surface area contributed by atoms with E-state index in [1.807, 2.05) is 17.1 Å². The van der Waals surface area contributed by atoms with E-state index in [4.69, 9.17) is 0 Å². The van der Waals surface area contributed by atoms with Gasteiger partial charge in [0.25, 0.3) is 0 Å². The Morgan fingerprint density at radius 3 is 3.44 bits per heavy atom. The molecule has 0 aromatic carbocycles. The highest BCUT2D eigenvalue weighted by Crippen LogP contribution is 2.03. The number of imidazole rings is 1. The smallest absolute Gasteiger partial charge is 0.130 e. The molecule has 0 fully saturated rings. The SMILES string of the molecule is C1=Nn2ccnc2CC1. The van der Waals surface area contributed by atoms with E-state index in [0.29, 0.717) is 0 Å². The first-order valence-corrected chi connectivity index (χ1v) is 3.02. The summed E-state index contributed by atoms with van der Waals surface area (Å²) in [4.78, 5) is 4.11. The first-order chi connectivity index (χ1) is 4.47. The fourth-order valence-corrected chi connectivity index (χ4v) is 0.951. The highest BCUT2D eigenvalue weighted by Gasteiger charge is 2.02. The van der Waals surface area contributed by atoms with E-state index in [1.165, 1.54) is 0 Å². The summed E-state index contributed by atoms with van der Waals surface area (Å²) in [5, 5.41) is 4.08. The van der Waals surface area contributed by atoms with Crippen molar-refractivity contribution >= 4 is 6.21 Å². The maximum Gasteiger partial charge on any atom is 0.130 e. The van der Waals surface area contributed by atoms with Gasteiger partial charge in [0.2, 0.25) is 0 Å². The van der Waals surface area contributed by atoms with Crippen LogP contribution in [-0.4, -0.2) is 15.9 Å². The molecule has 0 saturated heterocycles. The molecule has 0 aliphatic carbocycles. The molecule has 0 saturated carbocycles. The van der Waals surface area contributed by atoms with Gasteiger partial charge in [-0.3, -0.25) is 0 Å². The summed E-state index contributed by atoms with van der Waals surface area (Å²) in [6, 6.07) is 0. The lowest BCUT2D eigenvalue weighted by Gasteiger charge is -2.03. The van der Waals surface area contributed by atoms with Crippen LogP contribution >= 0.6 is 0 Å². The van der Waals surface area contributed by atoms with Crippen LogP contribution in [-0.2, 0) is 6.42 Å². The Morgan fingerprint density at radius 1 is 1.56 bits per heavy atom. The Labute approximate surface area is 53.0 Å². The molecule has 3 nitrogen and oxygen atoms in total. The van der Waals surface area contributed by atoms with E-state index in [1.54, 1.807) is 6.20 Å². The molecular formula is C6H7N3. The molecule has 2 rings (SSSR count). The van der Waals surface area contributed by atoms with Crippen LogP contribution in [0.15, 0.2) is 17.5 Å². The number of aromatic nitrogens is 2. The van der Waals surface area contributed by atoms with Gasteiger partial charge in [-0.2, -0.15) is 5.10 Å². The van der Waals surface area contributed by atoms with E-state index in [-0.39, 0.29) is 0 Å². The molecule has 46 valence electrons. The van der Waals surface area contributed by atoms with Crippen molar-refractivity contribution in [2.75, 3.05) is 0 Å². The average molecular weight is 121 g/mol. The van der Waals surface area contributed by atoms with Crippen molar-refractivity contribution in [3.05, 3.63) is 18.2 Å². The average Bonchev–Trinajstić information content (AvgIpc) is 2.33. The summed E-state index contributed by atoms with van der Waals surface area (Å²) in [6.45, 7) is 0. The number of nitrogens with zero attached hydrogens (tertiary/aromatic N) is 3. The van der Waals surface area contributed by atoms with Crippen molar-refractivity contribution < 1.29 is 0 Å². The fourth-order valence-electron chi connectivity index (χ4n) is 0.951. The molecule has 2 heterocycles. The van der Waals surface area contributed by atoms with Crippen LogP contribution in [0.2, 0.25) is 0 Å². The van der Waals surface area contributed by atoms with Crippen LogP contribution in [0, 0.1) is 0 Å². The number of aryl methyl sites for hydroxylation is 1. The number of hydrogen-bond acceptors (Lipinski definition) is 2. The molecule has 0 unspecified atom stereocenters. The minimum absolute atomic E-state index is 1.02. The molecule has 0 atom stereocenters. The Hall–Kier alpha value is -1.12. The van der Waals surface area contributed by atoms with Gasteiger partial charge in [0.1, 0.15) is 5.82 Å². The summed E-state index contributed by atoms with van der Waals surface area (Å²) < 4.78 is 1.81. The van der Waals surface area contributed by atoms with Crippen molar-refractivity contribution in [2.24, 2.45) is 5.10 Å². The minimum Gasteiger partial charge on any atom is -0.240 e. The lowest BCUT2D eigenvalue weighted by atomic mass is 10.3. The van der Waals surface area contributed by atoms with Crippen molar-refractivity contribution in [3.8, 4) is 0 Å². The van der Waals surface area contributed by atoms with E-state index < -0.39 is 0 Å². The third-order valence-electron chi connectivity index (χ3n) is 1.40. The first kappa shape index (κ1) is 4.73. The zero-order valence-corrected chi connectivity index (χ0v) is 4.99. The molecule has 0 spiro atoms. The number of rotatable bonds is 0. The van der Waals surface area contributed by atoms with Gasteiger partial charge in [0, 0.05) is 25.0 Å². The second-order valence-corrected chi connectivity index (χ2v) is 2.02. The third-order valence-corrected chi connectivity index (χ3v) is 1.40. The summed E-state index contributed by atoms with van der Waals surface area (Å²) >= 11 is 0. The zero-order chi connectivity index (χ0) is 6.10. The molecule has 0 amide bonds. The number of fused-ring (bicyclic) bond motifs is 1. The lowest BCUT2D eigenvalue weighted by Crippen LogP contribution is -2.03. The Bertz CT molecular complexity index is 236. The van der Waals surface area contributed by atoms with E-state index in [0.717, 1.165) is 18.7 Å². The highest BCUT2D eigenvalue weighted by molar-refractivity contribution is 5.58. The van der Waals surface area contributed by atoms with Crippen LogP contribution in [0.3, 0.4) is 0 Å². The van der Waals surface area contributed by atoms with Crippen LogP contribution in [0.5, 0.6) is 0 Å². The maximum atomic E-state index is 4.11. The molecule has 3 heteroatoms. The summed E-state index contributed by atoms with van der Waals surface area (Å²) in [5.41, 5.74) is 0. The van der Waals surface area contributed by atoms with Crippen molar-refractivity contribution in [1.82, 2.24) is 9.66 Å². The lowest BCUT2D eigenvalue weighted by molar-refractivity contribution is 0.741. The predicted molar refractivity (Wildman–Crippen MR) is 34.4 cm³/mol. The van der Waals surface area contributed by atoms with Crippen LogP contribution in [0.1, 0.15) is 12.2 Å². The molecule has 1 aromatic heterocycles. The topological polar surface area (TPSA) is 30.2 Å². The summed E-state index contributed by atoms with van der Waals surface area (Å²) in [7, 11) is 0. The second-order valence-electron chi connectivity index (χ2n) is 2.02. The van der Waals surface area contributed by atoms with Crippen LogP contribution < -0.4 is 0 Å². The van der Waals surface area contributed by atoms with Gasteiger partial charge in [-0.1, -0.05) is 0 Å². The van der Waals surface area contributed by atoms with Gasteiger partial charge in [-0.05, 0) is 6.42 Å². The molecule has 1 aromatic rings. The Morgan fingerprint density at radius 2 is 2.56 bits per heavy atom. The monoisotopic (exact) mass is 121 g/mol. The normalized spacial score (nSPS) is 15.6. The van der Waals surface area contributed by atoms with E-state index in [9.17, 15) is 0 Å². The predicted octanol–water partition coefficient (Wildman–Crippen LogP) is 0.663. The molecule has 1 aliphatic rings. The van der Waals surface area contributed by atoms with Crippen LogP contribution in [0.4, 0.5) is 0 Å². The summed E-state index contributed by atoms with van der Waals surface area (Å²) in [5.74, 6) is 1.07. The highest BCUT2D eigenvalue weighted by atomic mass is 15.4. The Balaban J connectivity index is 2.53. The van der Waals surface area contributed by atoms with Gasteiger partial charge in [0.15, 0.2) is 0 Å². The van der Waals surface area contributed by atoms with Gasteiger partial charge < -0.3 is 0 Å². The van der Waals surface area contributed by atoms with Crippen LogP contribution in [0.25, 0.3) is 0 Å². The van der Waals surface area contributed by atoms with Gasteiger partial charge >= 0.3 is 0 Å². The number of hydrogen-bond donors (Lipinski definition) is 0. The van der Waals surface area contributed by atoms with Gasteiger partial charge in [0.05, 0.1) is 0 Å². The molecular weight excluding hydrogens is 114 g/mol. The molecule has 0 N–H and O–H groups in total. The first-order valence-electron chi connectivity index (χ1n) is 3.02. The van der Waals surface area contributed by atoms with E-state index in [2.05, 4.69) is 10.1 Å². The van der Waals surface area contributed by atoms with Crippen molar-refractivity contribution in [3.63, 3.8) is 0 Å². The quantitative estimate of drug-likeness (QED) is 0.496. The van der Waals surface area contributed by atoms with Gasteiger partial charge in [-0.15, -0.1) is 0 Å². The molecule has 9 heavy (non-hydrogen) atoms. The van der Waals surface area contributed by atoms with Gasteiger partial charge in [-0.25, -0.2) is 9.66 Å². The minimum atomic E-state index is 1.02. The maximum absolute atomic E-state index is 4.11. The second kappa shape index (κ2) is 1.69. The third kappa shape index (κ3) is 0.650. The standard InChI is InChI=1S/C6H7N3/c1-2-6-7-4-5-9(6)8-3-1/h3-5H,1-2H2. The largest absolute Gasteiger partial charge is 0.240 e. The molecule has 0 bridgehead atoms. The molecule has 1 aliphatic heterocycles. The molecule has 0 radical (unpaired) electrons. The van der Waals surface area contributed by atoms with Crippen molar-refractivity contribution in [2.45, 2.75) is 12.8 Å². The van der Waals surface area contributed by atoms with E-state index >= 15 is 0 Å². The zero-order valence-electron chi connectivity index (χ0n) is 4.99. The summed E-state index contributed by atoms with van der Waals surface area (Å²) in [6.07, 6.45) is 7.60. The Kier molecular flexibility index (Phi) is 0.886.